The highest BCUT2D eigenvalue weighted by molar-refractivity contribution is 5.81. The van der Waals surface area contributed by atoms with Crippen LogP contribution in [-0.4, -0.2) is 57.4 Å². The zero-order chi connectivity index (χ0) is 25.4. The summed E-state index contributed by atoms with van der Waals surface area (Å²) in [7, 11) is 3.19. The number of nitrogens with zero attached hydrogens (tertiary/aromatic N) is 5. The van der Waals surface area contributed by atoms with Crippen LogP contribution in [0.5, 0.6) is 11.5 Å². The van der Waals surface area contributed by atoms with Crippen LogP contribution in [0.3, 0.4) is 0 Å². The summed E-state index contributed by atoms with van der Waals surface area (Å²) in [5, 5.41) is 4.42. The fourth-order valence-corrected chi connectivity index (χ4v) is 5.06. The molecule has 36 heavy (non-hydrogen) atoms. The Labute approximate surface area is 209 Å². The Morgan fingerprint density at radius 1 is 1.03 bits per heavy atom. The summed E-state index contributed by atoms with van der Waals surface area (Å²) in [6.45, 7) is 5.40. The Balaban J connectivity index is 1.43. The molecule has 0 spiro atoms. The van der Waals surface area contributed by atoms with Crippen LogP contribution in [0, 0.1) is 19.7 Å². The summed E-state index contributed by atoms with van der Waals surface area (Å²) in [5.74, 6) is 1.71. The van der Waals surface area contributed by atoms with E-state index in [0.29, 0.717) is 30.1 Å². The van der Waals surface area contributed by atoms with Gasteiger partial charge >= 0.3 is 0 Å². The maximum atomic E-state index is 14.1. The van der Waals surface area contributed by atoms with E-state index in [1.807, 2.05) is 43.0 Å². The lowest BCUT2D eigenvalue weighted by Crippen LogP contribution is -2.41. The SMILES string of the molecule is COc1ccc(-c2nc3cc(F)ccc3n2C2CCN(C(=O)Cn3nc(C)cc3C)CC2)cc1OC. The maximum absolute atomic E-state index is 14.1. The smallest absolute Gasteiger partial charge is 0.244 e. The Morgan fingerprint density at radius 3 is 2.44 bits per heavy atom. The van der Waals surface area contributed by atoms with E-state index in [1.54, 1.807) is 25.0 Å². The number of piperidine rings is 1. The van der Waals surface area contributed by atoms with Crippen molar-refractivity contribution in [1.29, 1.82) is 0 Å². The average molecular weight is 492 g/mol. The topological polar surface area (TPSA) is 74.4 Å². The molecule has 1 saturated heterocycles. The van der Waals surface area contributed by atoms with Gasteiger partial charge in [0, 0.05) is 36.5 Å². The molecule has 0 N–H and O–H groups in total. The molecule has 0 radical (unpaired) electrons. The van der Waals surface area contributed by atoms with E-state index in [1.165, 1.54) is 12.1 Å². The standard InChI is InChI=1S/C27H30FN5O3/c1-17-13-18(2)32(30-17)16-26(34)31-11-9-21(10-12-31)33-23-7-6-20(28)15-22(23)29-27(33)19-5-8-24(35-3)25(14-19)36-4/h5-8,13-15,21H,9-12,16H2,1-4H3. The molecule has 0 unspecified atom stereocenters. The lowest BCUT2D eigenvalue weighted by atomic mass is 10.0. The van der Waals surface area contributed by atoms with Crippen LogP contribution in [0.25, 0.3) is 22.4 Å². The number of rotatable bonds is 6. The van der Waals surface area contributed by atoms with Gasteiger partial charge in [-0.1, -0.05) is 0 Å². The van der Waals surface area contributed by atoms with Crippen LogP contribution in [0.4, 0.5) is 4.39 Å². The predicted molar refractivity (Wildman–Crippen MR) is 135 cm³/mol. The molecule has 0 atom stereocenters. The summed E-state index contributed by atoms with van der Waals surface area (Å²) in [5.41, 5.74) is 4.21. The normalized spacial score (nSPS) is 14.4. The average Bonchev–Trinajstić information content (AvgIpc) is 3.41. The van der Waals surface area contributed by atoms with Crippen molar-refractivity contribution in [3.8, 4) is 22.9 Å². The third kappa shape index (κ3) is 4.41. The number of ether oxygens (including phenoxy) is 2. The maximum Gasteiger partial charge on any atom is 0.244 e. The number of hydrogen-bond donors (Lipinski definition) is 0. The van der Waals surface area contributed by atoms with E-state index >= 15 is 0 Å². The van der Waals surface area contributed by atoms with Gasteiger partial charge in [-0.05, 0) is 63.1 Å². The van der Waals surface area contributed by atoms with Gasteiger partial charge < -0.3 is 18.9 Å². The molecule has 9 heteroatoms. The molecular weight excluding hydrogens is 461 g/mol. The van der Waals surface area contributed by atoms with Crippen LogP contribution >= 0.6 is 0 Å². The molecule has 0 saturated carbocycles. The molecule has 0 aliphatic carbocycles. The number of fused-ring (bicyclic) bond motifs is 1. The molecule has 2 aromatic heterocycles. The van der Waals surface area contributed by atoms with Crippen LogP contribution in [0.15, 0.2) is 42.5 Å². The largest absolute Gasteiger partial charge is 0.493 e. The fourth-order valence-electron chi connectivity index (χ4n) is 5.06. The van der Waals surface area contributed by atoms with Crippen molar-refractivity contribution in [3.05, 3.63) is 59.7 Å². The second-order valence-electron chi connectivity index (χ2n) is 9.20. The van der Waals surface area contributed by atoms with Crippen LogP contribution in [-0.2, 0) is 11.3 Å². The van der Waals surface area contributed by atoms with Gasteiger partial charge in [-0.2, -0.15) is 5.10 Å². The monoisotopic (exact) mass is 491 g/mol. The third-order valence-corrected chi connectivity index (χ3v) is 6.86. The van der Waals surface area contributed by atoms with Crippen molar-refractivity contribution < 1.29 is 18.7 Å². The molecule has 3 heterocycles. The van der Waals surface area contributed by atoms with Crippen LogP contribution < -0.4 is 9.47 Å². The summed E-state index contributed by atoms with van der Waals surface area (Å²) in [6, 6.07) is 12.5. The number of methoxy groups -OCH3 is 2. The summed E-state index contributed by atoms with van der Waals surface area (Å²) in [6.07, 6.45) is 1.54. The third-order valence-electron chi connectivity index (χ3n) is 6.86. The minimum atomic E-state index is -0.324. The van der Waals surface area contributed by atoms with Gasteiger partial charge in [-0.15, -0.1) is 0 Å². The van der Waals surface area contributed by atoms with Gasteiger partial charge in [-0.25, -0.2) is 9.37 Å². The number of benzene rings is 2. The van der Waals surface area contributed by atoms with Gasteiger partial charge in [0.1, 0.15) is 18.2 Å². The number of aryl methyl sites for hydroxylation is 2. The first-order valence-corrected chi connectivity index (χ1v) is 12.1. The van der Waals surface area contributed by atoms with E-state index < -0.39 is 0 Å². The number of aromatic nitrogens is 4. The highest BCUT2D eigenvalue weighted by Crippen LogP contribution is 2.37. The molecule has 4 aromatic rings. The molecule has 2 aromatic carbocycles. The number of halogens is 1. The number of amides is 1. The first-order chi connectivity index (χ1) is 17.4. The second-order valence-corrected chi connectivity index (χ2v) is 9.20. The van der Waals surface area contributed by atoms with Gasteiger partial charge in [-0.3, -0.25) is 9.48 Å². The van der Waals surface area contributed by atoms with Crippen LogP contribution in [0.2, 0.25) is 0 Å². The molecule has 5 rings (SSSR count). The minimum Gasteiger partial charge on any atom is -0.493 e. The first kappa shape index (κ1) is 23.8. The molecule has 188 valence electrons. The highest BCUT2D eigenvalue weighted by atomic mass is 19.1. The number of likely N-dealkylation sites (tertiary alicyclic amines) is 1. The molecule has 1 fully saturated rings. The molecule has 1 aliphatic rings. The quantitative estimate of drug-likeness (QED) is 0.396. The van der Waals surface area contributed by atoms with Crippen molar-refractivity contribution in [2.45, 2.75) is 39.3 Å². The Hall–Kier alpha value is -3.88. The van der Waals surface area contributed by atoms with E-state index in [0.717, 1.165) is 41.1 Å². The zero-order valence-corrected chi connectivity index (χ0v) is 21.0. The predicted octanol–water partition coefficient (Wildman–Crippen LogP) is 4.54. The van der Waals surface area contributed by atoms with Crippen LogP contribution in [0.1, 0.15) is 30.3 Å². The van der Waals surface area contributed by atoms with Gasteiger partial charge in [0.25, 0.3) is 0 Å². The molecule has 0 bridgehead atoms. The highest BCUT2D eigenvalue weighted by Gasteiger charge is 2.28. The molecule has 1 aliphatic heterocycles. The Kier molecular flexibility index (Phi) is 6.38. The van der Waals surface area contributed by atoms with E-state index in [-0.39, 0.29) is 24.3 Å². The summed E-state index contributed by atoms with van der Waals surface area (Å²) < 4.78 is 28.9. The lowest BCUT2D eigenvalue weighted by molar-refractivity contribution is -0.133. The second kappa shape index (κ2) is 9.64. The number of imidazole rings is 1. The summed E-state index contributed by atoms with van der Waals surface area (Å²) >= 11 is 0. The Morgan fingerprint density at radius 2 is 1.78 bits per heavy atom. The van der Waals surface area contributed by atoms with Gasteiger partial charge in [0.05, 0.1) is 30.9 Å². The molecule has 1 amide bonds. The van der Waals surface area contributed by atoms with Crippen molar-refractivity contribution in [1.82, 2.24) is 24.2 Å². The van der Waals surface area contributed by atoms with Gasteiger partial charge in [0.15, 0.2) is 11.5 Å². The van der Waals surface area contributed by atoms with E-state index in [9.17, 15) is 9.18 Å². The Bertz CT molecular complexity index is 1420. The molecular formula is C27H30FN5O3. The number of carbonyl (C=O) groups excluding carboxylic acids is 1. The zero-order valence-electron chi connectivity index (χ0n) is 21.0. The van der Waals surface area contributed by atoms with Gasteiger partial charge in [0.2, 0.25) is 5.91 Å². The molecule has 8 nitrogen and oxygen atoms in total. The number of hydrogen-bond acceptors (Lipinski definition) is 5. The lowest BCUT2D eigenvalue weighted by Gasteiger charge is -2.33. The first-order valence-electron chi connectivity index (χ1n) is 12.1. The number of carbonyl (C=O) groups is 1. The fraction of sp³-hybridized carbons (Fsp3) is 0.370. The van der Waals surface area contributed by atoms with E-state index in [2.05, 4.69) is 9.67 Å². The summed E-state index contributed by atoms with van der Waals surface area (Å²) in [4.78, 5) is 19.7. The minimum absolute atomic E-state index is 0.0670. The van der Waals surface area contributed by atoms with Crippen molar-refractivity contribution in [2.75, 3.05) is 27.3 Å². The van der Waals surface area contributed by atoms with Crippen molar-refractivity contribution in [3.63, 3.8) is 0 Å². The van der Waals surface area contributed by atoms with Crippen molar-refractivity contribution >= 4 is 16.9 Å². The van der Waals surface area contributed by atoms with E-state index in [4.69, 9.17) is 14.5 Å². The van der Waals surface area contributed by atoms with Crippen molar-refractivity contribution in [2.24, 2.45) is 0 Å².